The van der Waals surface area contributed by atoms with Crippen LogP contribution >= 0.6 is 0 Å². The van der Waals surface area contributed by atoms with E-state index in [0.29, 0.717) is 6.54 Å². The van der Waals surface area contributed by atoms with Crippen LogP contribution in [0.3, 0.4) is 0 Å². The normalized spacial score (nSPS) is 27.3. The second-order valence-corrected chi connectivity index (χ2v) is 5.17. The molecule has 2 rings (SSSR count). The van der Waals surface area contributed by atoms with Crippen LogP contribution in [0.2, 0.25) is 0 Å². The average Bonchev–Trinajstić information content (AvgIpc) is 2.63. The molecule has 18 heavy (non-hydrogen) atoms. The summed E-state index contributed by atoms with van der Waals surface area (Å²) >= 11 is 0. The summed E-state index contributed by atoms with van der Waals surface area (Å²) in [7, 11) is 1.68. The number of rotatable bonds is 3. The van der Waals surface area contributed by atoms with Gasteiger partial charge in [-0.25, -0.2) is 0 Å². The Kier molecular flexibility index (Phi) is 3.68. The highest BCUT2D eigenvalue weighted by Gasteiger charge is 2.48. The number of hydrogen-bond acceptors (Lipinski definition) is 3. The van der Waals surface area contributed by atoms with Crippen LogP contribution in [0.1, 0.15) is 32.6 Å². The lowest BCUT2D eigenvalue weighted by molar-refractivity contribution is -0.146. The van der Waals surface area contributed by atoms with Crippen molar-refractivity contribution in [2.45, 2.75) is 32.6 Å². The zero-order valence-electron chi connectivity index (χ0n) is 11.0. The van der Waals surface area contributed by atoms with Crippen LogP contribution in [0.25, 0.3) is 0 Å². The fourth-order valence-electron chi connectivity index (χ4n) is 2.82. The van der Waals surface area contributed by atoms with E-state index in [9.17, 15) is 14.4 Å². The van der Waals surface area contributed by atoms with Crippen LogP contribution in [-0.2, 0) is 14.4 Å². The maximum atomic E-state index is 12.1. The monoisotopic (exact) mass is 252 g/mol. The molecule has 0 radical (unpaired) electrons. The van der Waals surface area contributed by atoms with Crippen molar-refractivity contribution in [3.8, 4) is 0 Å². The molecule has 0 spiro atoms. The summed E-state index contributed by atoms with van der Waals surface area (Å²) in [4.78, 5) is 38.8. The molecule has 2 fully saturated rings. The minimum Gasteiger partial charge on any atom is -0.344 e. The first-order valence-corrected chi connectivity index (χ1v) is 6.65. The summed E-state index contributed by atoms with van der Waals surface area (Å²) in [6.07, 6.45) is 3.61. The Morgan fingerprint density at radius 3 is 2.17 bits per heavy atom. The largest absolute Gasteiger partial charge is 0.344 e. The number of fused-ring (bicyclic) bond motifs is 1. The Bertz CT molecular complexity index is 356. The van der Waals surface area contributed by atoms with Crippen molar-refractivity contribution in [2.24, 2.45) is 11.8 Å². The van der Waals surface area contributed by atoms with Gasteiger partial charge in [0.1, 0.15) is 6.54 Å². The van der Waals surface area contributed by atoms with Gasteiger partial charge in [-0.05, 0) is 19.8 Å². The third-order valence-corrected chi connectivity index (χ3v) is 4.13. The highest BCUT2D eigenvalue weighted by Crippen LogP contribution is 2.37. The lowest BCUT2D eigenvalue weighted by Gasteiger charge is -2.19. The Balaban J connectivity index is 2.07. The van der Waals surface area contributed by atoms with Gasteiger partial charge in [0.05, 0.1) is 11.8 Å². The van der Waals surface area contributed by atoms with Crippen LogP contribution in [0.4, 0.5) is 0 Å². The number of amides is 3. The molecule has 1 heterocycles. The second kappa shape index (κ2) is 5.08. The van der Waals surface area contributed by atoms with Crippen molar-refractivity contribution in [3.63, 3.8) is 0 Å². The molecule has 1 aliphatic heterocycles. The van der Waals surface area contributed by atoms with Crippen LogP contribution in [0, 0.1) is 11.8 Å². The summed E-state index contributed by atoms with van der Waals surface area (Å²) < 4.78 is 0. The third kappa shape index (κ3) is 2.13. The quantitative estimate of drug-likeness (QED) is 0.693. The molecule has 100 valence electrons. The molecular weight excluding hydrogens is 232 g/mol. The average molecular weight is 252 g/mol. The first-order chi connectivity index (χ1) is 8.56. The van der Waals surface area contributed by atoms with E-state index in [0.717, 1.165) is 25.7 Å². The zero-order chi connectivity index (χ0) is 13.3. The van der Waals surface area contributed by atoms with E-state index >= 15 is 0 Å². The smallest absolute Gasteiger partial charge is 0.242 e. The van der Waals surface area contributed by atoms with E-state index in [1.807, 2.05) is 6.92 Å². The van der Waals surface area contributed by atoms with Crippen LogP contribution in [-0.4, -0.2) is 47.7 Å². The van der Waals surface area contributed by atoms with E-state index in [1.54, 1.807) is 7.05 Å². The zero-order valence-corrected chi connectivity index (χ0v) is 11.0. The molecule has 0 N–H and O–H groups in total. The van der Waals surface area contributed by atoms with Gasteiger partial charge in [0.2, 0.25) is 17.7 Å². The summed E-state index contributed by atoms with van der Waals surface area (Å²) in [6.45, 7) is 2.36. The molecule has 5 nitrogen and oxygen atoms in total. The molecule has 1 saturated carbocycles. The van der Waals surface area contributed by atoms with Crippen molar-refractivity contribution in [2.75, 3.05) is 20.1 Å². The first kappa shape index (κ1) is 13.1. The predicted molar refractivity (Wildman–Crippen MR) is 65.5 cm³/mol. The molecule has 2 atom stereocenters. The highest BCUT2D eigenvalue weighted by atomic mass is 16.2. The number of carbonyl (C=O) groups is 3. The van der Waals surface area contributed by atoms with Gasteiger partial charge in [0.15, 0.2) is 0 Å². The molecule has 3 amide bonds. The van der Waals surface area contributed by atoms with Gasteiger partial charge < -0.3 is 4.90 Å². The van der Waals surface area contributed by atoms with Crippen LogP contribution in [0.15, 0.2) is 0 Å². The SMILES string of the molecule is CCN(C)C(=O)CN1C(=O)C2CCCCC2C1=O. The van der Waals surface area contributed by atoms with E-state index in [1.165, 1.54) is 9.80 Å². The topological polar surface area (TPSA) is 57.7 Å². The van der Waals surface area contributed by atoms with Crippen molar-refractivity contribution in [3.05, 3.63) is 0 Å². The molecule has 0 aromatic heterocycles. The van der Waals surface area contributed by atoms with Crippen LogP contribution < -0.4 is 0 Å². The molecule has 1 aliphatic carbocycles. The van der Waals surface area contributed by atoms with E-state index in [-0.39, 0.29) is 36.1 Å². The first-order valence-electron chi connectivity index (χ1n) is 6.65. The van der Waals surface area contributed by atoms with Gasteiger partial charge in [-0.15, -0.1) is 0 Å². The summed E-state index contributed by atoms with van der Waals surface area (Å²) in [5.74, 6) is -0.764. The number of carbonyl (C=O) groups excluding carboxylic acids is 3. The molecule has 2 unspecified atom stereocenters. The minimum atomic E-state index is -0.169. The maximum Gasteiger partial charge on any atom is 0.242 e. The number of likely N-dealkylation sites (N-methyl/N-ethyl adjacent to an activating group) is 1. The number of nitrogens with zero attached hydrogens (tertiary/aromatic N) is 2. The molecular formula is C13H20N2O3. The summed E-state index contributed by atoms with van der Waals surface area (Å²) in [5.41, 5.74) is 0. The van der Waals surface area contributed by atoms with E-state index in [2.05, 4.69) is 0 Å². The van der Waals surface area contributed by atoms with Gasteiger partial charge in [0, 0.05) is 13.6 Å². The lowest BCUT2D eigenvalue weighted by atomic mass is 9.81. The van der Waals surface area contributed by atoms with Crippen molar-refractivity contribution >= 4 is 17.7 Å². The van der Waals surface area contributed by atoms with Crippen molar-refractivity contribution in [1.82, 2.24) is 9.80 Å². The van der Waals surface area contributed by atoms with Crippen LogP contribution in [0.5, 0.6) is 0 Å². The van der Waals surface area contributed by atoms with Gasteiger partial charge in [0.25, 0.3) is 0 Å². The van der Waals surface area contributed by atoms with Crippen molar-refractivity contribution < 1.29 is 14.4 Å². The van der Waals surface area contributed by atoms with E-state index in [4.69, 9.17) is 0 Å². The van der Waals surface area contributed by atoms with Gasteiger partial charge >= 0.3 is 0 Å². The fraction of sp³-hybridized carbons (Fsp3) is 0.769. The summed E-state index contributed by atoms with van der Waals surface area (Å²) in [5, 5.41) is 0. The van der Waals surface area contributed by atoms with E-state index < -0.39 is 0 Å². The molecule has 2 aliphatic rings. The number of likely N-dealkylation sites (tertiary alicyclic amines) is 1. The van der Waals surface area contributed by atoms with Gasteiger partial charge in [-0.2, -0.15) is 0 Å². The lowest BCUT2D eigenvalue weighted by Crippen LogP contribution is -2.41. The Labute approximate surface area is 107 Å². The number of imide groups is 1. The third-order valence-electron chi connectivity index (χ3n) is 4.13. The predicted octanol–water partition coefficient (Wildman–Crippen LogP) is 0.640. The Morgan fingerprint density at radius 2 is 1.72 bits per heavy atom. The molecule has 5 heteroatoms. The van der Waals surface area contributed by atoms with Crippen molar-refractivity contribution in [1.29, 1.82) is 0 Å². The Morgan fingerprint density at radius 1 is 1.22 bits per heavy atom. The maximum absolute atomic E-state index is 12.1. The second-order valence-electron chi connectivity index (χ2n) is 5.17. The van der Waals surface area contributed by atoms with Gasteiger partial charge in [-0.3, -0.25) is 19.3 Å². The Hall–Kier alpha value is -1.39. The van der Waals surface area contributed by atoms with Gasteiger partial charge in [-0.1, -0.05) is 12.8 Å². The standard InChI is InChI=1S/C13H20N2O3/c1-3-14(2)11(16)8-15-12(17)9-6-4-5-7-10(9)13(15)18/h9-10H,3-8H2,1-2H3. The molecule has 0 aromatic carbocycles. The molecule has 0 bridgehead atoms. The highest BCUT2D eigenvalue weighted by molar-refractivity contribution is 6.07. The molecule has 0 aromatic rings. The number of hydrogen-bond donors (Lipinski definition) is 0. The summed E-state index contributed by atoms with van der Waals surface area (Å²) in [6, 6.07) is 0. The molecule has 1 saturated heterocycles. The minimum absolute atomic E-state index is 0.0883. The fourth-order valence-corrected chi connectivity index (χ4v) is 2.82.